The van der Waals surface area contributed by atoms with Gasteiger partial charge >= 0.3 is 0 Å². The van der Waals surface area contributed by atoms with E-state index in [9.17, 15) is 0 Å². The minimum atomic E-state index is -0.458. The van der Waals surface area contributed by atoms with E-state index in [1.54, 1.807) is 13.8 Å². The van der Waals surface area contributed by atoms with Gasteiger partial charge in [0.05, 0.1) is 5.60 Å². The van der Waals surface area contributed by atoms with E-state index in [4.69, 9.17) is 5.11 Å². The SMILES string of the molecule is CCC(C)(C)O.[U]. The molecule has 0 atom stereocenters. The van der Waals surface area contributed by atoms with Crippen molar-refractivity contribution in [1.82, 2.24) is 0 Å². The fraction of sp³-hybridized carbons (Fsp3) is 1.00. The van der Waals surface area contributed by atoms with Gasteiger partial charge in [0.2, 0.25) is 0 Å². The van der Waals surface area contributed by atoms with Gasteiger partial charge in [-0.3, -0.25) is 0 Å². The van der Waals surface area contributed by atoms with Gasteiger partial charge < -0.3 is 5.11 Å². The Morgan fingerprint density at radius 3 is 1.57 bits per heavy atom. The van der Waals surface area contributed by atoms with E-state index in [0.717, 1.165) is 6.42 Å². The molecule has 0 spiro atoms. The van der Waals surface area contributed by atoms with Crippen molar-refractivity contribution in [2.75, 3.05) is 0 Å². The molecule has 1 nitrogen and oxygen atoms in total. The van der Waals surface area contributed by atoms with Crippen LogP contribution in [0.4, 0.5) is 0 Å². The average molecular weight is 326 g/mol. The largest absolute Gasteiger partial charge is 0.390 e. The summed E-state index contributed by atoms with van der Waals surface area (Å²) in [7, 11) is 0. The molecule has 0 saturated carbocycles. The van der Waals surface area contributed by atoms with Crippen LogP contribution in [0.1, 0.15) is 27.2 Å². The van der Waals surface area contributed by atoms with Crippen molar-refractivity contribution in [3.8, 4) is 0 Å². The Morgan fingerprint density at radius 2 is 1.57 bits per heavy atom. The zero-order valence-electron chi connectivity index (χ0n) is 5.15. The smallest absolute Gasteiger partial charge is 0.0589 e. The molecule has 0 aromatic heterocycles. The molecule has 0 saturated heterocycles. The quantitative estimate of drug-likeness (QED) is 0.767. The molecule has 1 N–H and O–H groups in total. The number of hydrogen-bond acceptors (Lipinski definition) is 1. The van der Waals surface area contributed by atoms with Crippen LogP contribution in [0.25, 0.3) is 0 Å². The first-order chi connectivity index (χ1) is 2.56. The second-order valence-corrected chi connectivity index (χ2v) is 2.17. The Bertz CT molecular complexity index is 37.8. The van der Waals surface area contributed by atoms with Crippen molar-refractivity contribution in [1.29, 1.82) is 0 Å². The van der Waals surface area contributed by atoms with Crippen LogP contribution in [0.5, 0.6) is 0 Å². The minimum Gasteiger partial charge on any atom is -0.390 e. The van der Waals surface area contributed by atoms with Gasteiger partial charge in [-0.15, -0.1) is 0 Å². The molecule has 42 valence electrons. The maximum atomic E-state index is 8.83. The molecule has 0 aromatic rings. The number of hydrogen-bond donors (Lipinski definition) is 1. The molecule has 0 radical (unpaired) electrons. The maximum absolute atomic E-state index is 8.83. The summed E-state index contributed by atoms with van der Waals surface area (Å²) in [5.74, 6) is 0. The summed E-state index contributed by atoms with van der Waals surface area (Å²) in [6.07, 6.45) is 0.826. The topological polar surface area (TPSA) is 20.2 Å². The van der Waals surface area contributed by atoms with Crippen molar-refractivity contribution in [2.24, 2.45) is 0 Å². The van der Waals surface area contributed by atoms with Gasteiger partial charge in [0.15, 0.2) is 0 Å². The van der Waals surface area contributed by atoms with Crippen LogP contribution in [0.15, 0.2) is 0 Å². The van der Waals surface area contributed by atoms with Crippen LogP contribution in [0, 0.1) is 31.1 Å². The predicted molar refractivity (Wildman–Crippen MR) is 26.6 cm³/mol. The van der Waals surface area contributed by atoms with E-state index >= 15 is 0 Å². The Hall–Kier alpha value is 1.01. The van der Waals surface area contributed by atoms with E-state index in [1.807, 2.05) is 6.92 Å². The van der Waals surface area contributed by atoms with Gasteiger partial charge in [0, 0.05) is 31.1 Å². The average Bonchev–Trinajstić information content (AvgIpc) is 1.35. The molecular weight excluding hydrogens is 314 g/mol. The third-order valence-corrected chi connectivity index (χ3v) is 0.865. The van der Waals surface area contributed by atoms with E-state index in [1.165, 1.54) is 0 Å². The Labute approximate surface area is 68.9 Å². The minimum absolute atomic E-state index is 0. The van der Waals surface area contributed by atoms with Crippen LogP contribution in [0.2, 0.25) is 0 Å². The molecule has 0 aromatic carbocycles. The molecule has 0 aliphatic rings. The van der Waals surface area contributed by atoms with E-state index in [0.29, 0.717) is 0 Å². The molecule has 0 amide bonds. The van der Waals surface area contributed by atoms with Crippen molar-refractivity contribution in [3.05, 3.63) is 0 Å². The van der Waals surface area contributed by atoms with Crippen LogP contribution in [0.3, 0.4) is 0 Å². The Morgan fingerprint density at radius 1 is 1.43 bits per heavy atom. The van der Waals surface area contributed by atoms with E-state index in [2.05, 4.69) is 0 Å². The summed E-state index contributed by atoms with van der Waals surface area (Å²) >= 11 is 0. The van der Waals surface area contributed by atoms with Crippen molar-refractivity contribution in [2.45, 2.75) is 32.8 Å². The molecule has 0 aliphatic heterocycles. The fourth-order valence-corrected chi connectivity index (χ4v) is 0. The predicted octanol–water partition coefficient (Wildman–Crippen LogP) is 1.17. The van der Waals surface area contributed by atoms with Crippen molar-refractivity contribution < 1.29 is 36.2 Å². The summed E-state index contributed by atoms with van der Waals surface area (Å²) in [4.78, 5) is 0. The number of aliphatic hydroxyl groups is 1. The normalized spacial score (nSPS) is 10.3. The summed E-state index contributed by atoms with van der Waals surface area (Å²) in [5.41, 5.74) is -0.458. The Kier molecular flexibility index (Phi) is 6.15. The maximum Gasteiger partial charge on any atom is 0.0589 e. The van der Waals surface area contributed by atoms with Gasteiger partial charge in [-0.25, -0.2) is 0 Å². The molecular formula is C5H12OU. The van der Waals surface area contributed by atoms with Crippen molar-refractivity contribution >= 4 is 0 Å². The van der Waals surface area contributed by atoms with Gasteiger partial charge in [-0.2, -0.15) is 0 Å². The molecule has 2 heteroatoms. The van der Waals surface area contributed by atoms with Crippen LogP contribution in [-0.4, -0.2) is 10.7 Å². The summed E-state index contributed by atoms with van der Waals surface area (Å²) in [6, 6.07) is 0. The van der Waals surface area contributed by atoms with Crippen molar-refractivity contribution in [3.63, 3.8) is 0 Å². The van der Waals surface area contributed by atoms with E-state index < -0.39 is 5.60 Å². The van der Waals surface area contributed by atoms with Gasteiger partial charge in [-0.1, -0.05) is 6.92 Å². The van der Waals surface area contributed by atoms with Crippen LogP contribution >= 0.6 is 0 Å². The first-order valence-electron chi connectivity index (χ1n) is 2.28. The Balaban J connectivity index is 0. The van der Waals surface area contributed by atoms with Gasteiger partial charge in [0.1, 0.15) is 0 Å². The monoisotopic (exact) mass is 326 g/mol. The van der Waals surface area contributed by atoms with Gasteiger partial charge in [-0.05, 0) is 20.3 Å². The second kappa shape index (κ2) is 3.95. The summed E-state index contributed by atoms with van der Waals surface area (Å²) in [6.45, 7) is 5.56. The first-order valence-corrected chi connectivity index (χ1v) is 2.28. The second-order valence-electron chi connectivity index (χ2n) is 2.17. The molecule has 0 unspecified atom stereocenters. The van der Waals surface area contributed by atoms with Crippen LogP contribution < -0.4 is 0 Å². The molecule has 7 heavy (non-hydrogen) atoms. The molecule has 0 fully saturated rings. The molecule has 0 bridgehead atoms. The number of rotatable bonds is 1. The summed E-state index contributed by atoms with van der Waals surface area (Å²) in [5, 5.41) is 8.83. The zero-order chi connectivity index (χ0) is 5.21. The molecule has 0 rings (SSSR count). The zero-order valence-corrected chi connectivity index (χ0v) is 9.32. The molecule has 0 aliphatic carbocycles. The van der Waals surface area contributed by atoms with E-state index in [-0.39, 0.29) is 31.1 Å². The standard InChI is InChI=1S/C5H12O.U/c1-4-5(2,3)6;/h6H,4H2,1-3H3;. The van der Waals surface area contributed by atoms with Crippen LogP contribution in [-0.2, 0) is 0 Å². The third kappa shape index (κ3) is 10.9. The van der Waals surface area contributed by atoms with Gasteiger partial charge in [0.25, 0.3) is 0 Å². The third-order valence-electron chi connectivity index (χ3n) is 0.865. The summed E-state index contributed by atoms with van der Waals surface area (Å²) < 4.78 is 0. The molecule has 0 heterocycles. The fourth-order valence-electron chi connectivity index (χ4n) is 0. The first kappa shape index (κ1) is 10.9.